The van der Waals surface area contributed by atoms with Crippen LogP contribution in [0.5, 0.6) is 0 Å². The number of aryl methyl sites for hydroxylation is 1. The van der Waals surface area contributed by atoms with Crippen molar-refractivity contribution in [2.45, 2.75) is 25.3 Å². The number of morpholine rings is 1. The second kappa shape index (κ2) is 10.5. The van der Waals surface area contributed by atoms with Gasteiger partial charge in [-0.25, -0.2) is 4.79 Å². The number of rotatable bonds is 7. The number of nitrogens with one attached hydrogen (secondary N) is 1. The Morgan fingerprint density at radius 3 is 2.21 bits per heavy atom. The molecule has 4 rings (SSSR count). The lowest BCUT2D eigenvalue weighted by Crippen LogP contribution is -2.54. The zero-order valence-electron chi connectivity index (χ0n) is 19.7. The smallest absolute Gasteiger partial charge is 0.325 e. The van der Waals surface area contributed by atoms with E-state index in [-0.39, 0.29) is 24.3 Å². The Bertz CT molecular complexity index is 912. The van der Waals surface area contributed by atoms with Crippen molar-refractivity contribution in [3.05, 3.63) is 35.9 Å². The number of ether oxygens (including phenoxy) is 1. The fourth-order valence-electron chi connectivity index (χ4n) is 4.59. The zero-order valence-corrected chi connectivity index (χ0v) is 19.7. The number of hydrogen-bond donors (Lipinski definition) is 1. The highest BCUT2D eigenvalue weighted by atomic mass is 16.5. The SMILES string of the molecule is C[C@@]1(CCc2ccccc2)NC(=O)N(CC(=O)N2CCN(CC(=O)N3CCOCC3)CC2)C1=O. The van der Waals surface area contributed by atoms with Crippen molar-refractivity contribution < 1.29 is 23.9 Å². The molecule has 3 saturated heterocycles. The van der Waals surface area contributed by atoms with Crippen LogP contribution in [0.3, 0.4) is 0 Å². The molecule has 0 unspecified atom stereocenters. The number of carbonyl (C=O) groups excluding carboxylic acids is 4. The van der Waals surface area contributed by atoms with E-state index in [9.17, 15) is 19.2 Å². The van der Waals surface area contributed by atoms with Gasteiger partial charge >= 0.3 is 6.03 Å². The van der Waals surface area contributed by atoms with Gasteiger partial charge in [-0.1, -0.05) is 30.3 Å². The Labute approximate surface area is 199 Å². The third kappa shape index (κ3) is 5.56. The molecular weight excluding hydrogens is 438 g/mol. The average Bonchev–Trinajstić information content (AvgIpc) is 3.07. The number of amides is 5. The van der Waals surface area contributed by atoms with Crippen molar-refractivity contribution in [2.24, 2.45) is 0 Å². The molecule has 3 aliphatic rings. The second-order valence-electron chi connectivity index (χ2n) is 9.29. The summed E-state index contributed by atoms with van der Waals surface area (Å²) in [5, 5.41) is 2.78. The monoisotopic (exact) mass is 471 g/mol. The Hall–Kier alpha value is -2.98. The van der Waals surface area contributed by atoms with Crippen molar-refractivity contribution in [2.75, 3.05) is 65.6 Å². The number of hydrogen-bond acceptors (Lipinski definition) is 6. The predicted octanol–water partition coefficient (Wildman–Crippen LogP) is -0.0673. The van der Waals surface area contributed by atoms with Gasteiger partial charge in [-0.15, -0.1) is 0 Å². The highest BCUT2D eigenvalue weighted by Crippen LogP contribution is 2.23. The van der Waals surface area contributed by atoms with Crippen LogP contribution in [-0.2, 0) is 25.5 Å². The molecule has 1 aromatic rings. The molecule has 1 aromatic carbocycles. The normalized spacial score (nSPS) is 23.9. The van der Waals surface area contributed by atoms with Crippen LogP contribution in [0.2, 0.25) is 0 Å². The molecule has 0 saturated carbocycles. The van der Waals surface area contributed by atoms with E-state index in [0.29, 0.717) is 71.9 Å². The van der Waals surface area contributed by atoms with Crippen molar-refractivity contribution >= 4 is 23.8 Å². The van der Waals surface area contributed by atoms with E-state index < -0.39 is 11.6 Å². The maximum absolute atomic E-state index is 13.0. The lowest BCUT2D eigenvalue weighted by atomic mass is 9.93. The maximum Gasteiger partial charge on any atom is 0.325 e. The lowest BCUT2D eigenvalue weighted by Gasteiger charge is -2.36. The summed E-state index contributed by atoms with van der Waals surface area (Å²) < 4.78 is 5.29. The minimum absolute atomic E-state index is 0.0807. The number of carbonyl (C=O) groups is 4. The van der Waals surface area contributed by atoms with E-state index in [0.717, 1.165) is 10.5 Å². The number of nitrogens with zero attached hydrogens (tertiary/aromatic N) is 4. The Morgan fingerprint density at radius 1 is 0.912 bits per heavy atom. The number of piperazine rings is 1. The fourth-order valence-corrected chi connectivity index (χ4v) is 4.59. The van der Waals surface area contributed by atoms with Gasteiger partial charge in [0.25, 0.3) is 5.91 Å². The summed E-state index contributed by atoms with van der Waals surface area (Å²) in [6.07, 6.45) is 1.11. The van der Waals surface area contributed by atoms with Crippen LogP contribution in [0.4, 0.5) is 4.79 Å². The van der Waals surface area contributed by atoms with Crippen LogP contribution in [-0.4, -0.2) is 114 Å². The van der Waals surface area contributed by atoms with Gasteiger partial charge in [0.15, 0.2) is 0 Å². The van der Waals surface area contributed by atoms with Gasteiger partial charge in [-0.3, -0.25) is 24.2 Å². The number of benzene rings is 1. The molecule has 0 spiro atoms. The van der Waals surface area contributed by atoms with E-state index in [1.807, 2.05) is 40.1 Å². The lowest BCUT2D eigenvalue weighted by molar-refractivity contribution is -0.141. The van der Waals surface area contributed by atoms with E-state index in [1.54, 1.807) is 11.8 Å². The summed E-state index contributed by atoms with van der Waals surface area (Å²) in [4.78, 5) is 57.4. The summed E-state index contributed by atoms with van der Waals surface area (Å²) in [7, 11) is 0. The summed E-state index contributed by atoms with van der Waals surface area (Å²) in [6, 6.07) is 9.26. The minimum Gasteiger partial charge on any atom is -0.378 e. The van der Waals surface area contributed by atoms with Gasteiger partial charge in [0.05, 0.1) is 19.8 Å². The molecule has 0 aromatic heterocycles. The van der Waals surface area contributed by atoms with Crippen molar-refractivity contribution in [1.29, 1.82) is 0 Å². The molecule has 34 heavy (non-hydrogen) atoms. The predicted molar refractivity (Wildman–Crippen MR) is 124 cm³/mol. The summed E-state index contributed by atoms with van der Waals surface area (Å²) in [6.45, 7) is 6.24. The molecule has 3 aliphatic heterocycles. The first kappa shape index (κ1) is 24.2. The van der Waals surface area contributed by atoms with Gasteiger partial charge in [-0.05, 0) is 25.3 Å². The molecule has 10 heteroatoms. The van der Waals surface area contributed by atoms with Crippen LogP contribution in [0.15, 0.2) is 30.3 Å². The third-order valence-electron chi connectivity index (χ3n) is 6.84. The summed E-state index contributed by atoms with van der Waals surface area (Å²) in [5.41, 5.74) is 0.0661. The highest BCUT2D eigenvalue weighted by molar-refractivity contribution is 6.08. The fraction of sp³-hybridized carbons (Fsp3) is 0.583. The number of urea groups is 1. The molecule has 1 N–H and O–H groups in total. The van der Waals surface area contributed by atoms with E-state index >= 15 is 0 Å². The molecule has 3 heterocycles. The number of imide groups is 1. The van der Waals surface area contributed by atoms with E-state index in [4.69, 9.17) is 4.74 Å². The summed E-state index contributed by atoms with van der Waals surface area (Å²) >= 11 is 0. The Morgan fingerprint density at radius 2 is 1.53 bits per heavy atom. The average molecular weight is 472 g/mol. The largest absolute Gasteiger partial charge is 0.378 e. The van der Waals surface area contributed by atoms with Crippen molar-refractivity contribution in [3.63, 3.8) is 0 Å². The quantitative estimate of drug-likeness (QED) is 0.559. The first-order valence-corrected chi connectivity index (χ1v) is 11.9. The molecule has 5 amide bonds. The first-order chi connectivity index (χ1) is 16.4. The molecule has 1 atom stereocenters. The third-order valence-corrected chi connectivity index (χ3v) is 6.84. The highest BCUT2D eigenvalue weighted by Gasteiger charge is 2.48. The maximum atomic E-state index is 13.0. The molecule has 184 valence electrons. The van der Waals surface area contributed by atoms with Crippen molar-refractivity contribution in [1.82, 2.24) is 24.9 Å². The molecule has 0 radical (unpaired) electrons. The van der Waals surface area contributed by atoms with Gasteiger partial charge in [0.2, 0.25) is 11.8 Å². The van der Waals surface area contributed by atoms with E-state index in [2.05, 4.69) is 5.32 Å². The molecule has 3 fully saturated rings. The van der Waals surface area contributed by atoms with Crippen LogP contribution in [0.25, 0.3) is 0 Å². The molecule has 0 bridgehead atoms. The van der Waals surface area contributed by atoms with Crippen LogP contribution in [0.1, 0.15) is 18.9 Å². The van der Waals surface area contributed by atoms with Crippen molar-refractivity contribution in [3.8, 4) is 0 Å². The molecular formula is C24H33N5O5. The standard InChI is InChI=1S/C24H33N5O5/c1-24(8-7-19-5-3-2-4-6-19)22(32)29(23(33)25-24)18-21(31)27-11-9-26(10-12-27)17-20(30)28-13-15-34-16-14-28/h2-6H,7-18H2,1H3,(H,25,33)/t24-/m0/s1. The second-order valence-corrected chi connectivity index (χ2v) is 9.29. The van der Waals surface area contributed by atoms with Gasteiger partial charge in [-0.2, -0.15) is 0 Å². The Kier molecular flexibility index (Phi) is 7.47. The summed E-state index contributed by atoms with van der Waals surface area (Å²) in [5.74, 6) is -0.538. The van der Waals surface area contributed by atoms with Gasteiger partial charge in [0.1, 0.15) is 12.1 Å². The van der Waals surface area contributed by atoms with Crippen LogP contribution < -0.4 is 5.32 Å². The van der Waals surface area contributed by atoms with E-state index in [1.165, 1.54) is 0 Å². The molecule has 0 aliphatic carbocycles. The first-order valence-electron chi connectivity index (χ1n) is 11.9. The van der Waals surface area contributed by atoms with Gasteiger partial charge in [0, 0.05) is 39.3 Å². The zero-order chi connectivity index (χ0) is 24.1. The van der Waals surface area contributed by atoms with Crippen LogP contribution in [0, 0.1) is 0 Å². The van der Waals surface area contributed by atoms with Crippen LogP contribution >= 0.6 is 0 Å². The van der Waals surface area contributed by atoms with Gasteiger partial charge < -0.3 is 19.9 Å². The Balaban J connectivity index is 1.24. The topological polar surface area (TPSA) is 102 Å². The minimum atomic E-state index is -1.02. The molecule has 10 nitrogen and oxygen atoms in total.